The number of ketones is 1. The number of sulfonamides is 1. The number of likely N-dealkylation sites (tertiary alicyclic amines) is 1. The van der Waals surface area contributed by atoms with E-state index in [0.717, 1.165) is 45.0 Å². The summed E-state index contributed by atoms with van der Waals surface area (Å²) in [4.78, 5) is 25.8. The van der Waals surface area contributed by atoms with Gasteiger partial charge in [-0.15, -0.1) is 0 Å². The first-order valence-electron chi connectivity index (χ1n) is 8.65. The van der Waals surface area contributed by atoms with E-state index in [9.17, 15) is 18.0 Å². The second-order valence-corrected chi connectivity index (χ2v) is 8.39. The van der Waals surface area contributed by atoms with Crippen LogP contribution in [-0.4, -0.2) is 50.9 Å². The summed E-state index contributed by atoms with van der Waals surface area (Å²) in [5.74, 6) is -0.144. The van der Waals surface area contributed by atoms with Crippen molar-refractivity contribution in [2.24, 2.45) is 0 Å². The number of benzene rings is 1. The van der Waals surface area contributed by atoms with Crippen molar-refractivity contribution in [2.45, 2.75) is 39.0 Å². The van der Waals surface area contributed by atoms with Crippen LogP contribution in [0.2, 0.25) is 0 Å². The van der Waals surface area contributed by atoms with E-state index in [1.165, 1.54) is 11.2 Å². The minimum absolute atomic E-state index is 0.0155. The highest BCUT2D eigenvalue weighted by Gasteiger charge is 2.22. The fourth-order valence-electron chi connectivity index (χ4n) is 3.04. The number of rotatable bonds is 6. The molecule has 0 saturated carbocycles. The molecule has 7 heteroatoms. The number of amides is 1. The average Bonchev–Trinajstić information content (AvgIpc) is 2.83. The van der Waals surface area contributed by atoms with Crippen LogP contribution >= 0.6 is 0 Å². The lowest BCUT2D eigenvalue weighted by Gasteiger charge is -2.25. The van der Waals surface area contributed by atoms with Crippen molar-refractivity contribution < 1.29 is 18.0 Å². The Morgan fingerprint density at radius 2 is 1.76 bits per heavy atom. The summed E-state index contributed by atoms with van der Waals surface area (Å²) in [6.45, 7) is 3.01. The van der Waals surface area contributed by atoms with E-state index in [0.29, 0.717) is 11.3 Å². The molecule has 1 fully saturated rings. The minimum Gasteiger partial charge on any atom is -0.343 e. The predicted molar refractivity (Wildman–Crippen MR) is 98.3 cm³/mol. The Balaban J connectivity index is 2.12. The molecule has 0 unspecified atom stereocenters. The van der Waals surface area contributed by atoms with Crippen molar-refractivity contribution in [2.75, 3.05) is 30.2 Å². The fraction of sp³-hybridized carbons (Fsp3) is 0.556. The number of carbonyl (C=O) groups excluding carboxylic acids is 2. The first kappa shape index (κ1) is 19.4. The average molecular weight is 366 g/mol. The maximum atomic E-state index is 12.4. The van der Waals surface area contributed by atoms with E-state index < -0.39 is 10.0 Å². The standard InChI is InChI=1S/C18H26N2O4S/c1-15(21)16-8-7-9-17(14-16)20(25(2,23)24)13-10-18(22)19-11-5-3-4-6-12-19/h7-9,14H,3-6,10-13H2,1-2H3. The summed E-state index contributed by atoms with van der Waals surface area (Å²) in [5.41, 5.74) is 0.865. The van der Waals surface area contributed by atoms with Gasteiger partial charge in [0.2, 0.25) is 15.9 Å². The molecule has 0 spiro atoms. The van der Waals surface area contributed by atoms with Crippen LogP contribution in [0.5, 0.6) is 0 Å². The van der Waals surface area contributed by atoms with Gasteiger partial charge in [-0.05, 0) is 31.9 Å². The molecular formula is C18H26N2O4S. The van der Waals surface area contributed by atoms with Crippen LogP contribution in [0.3, 0.4) is 0 Å². The first-order valence-corrected chi connectivity index (χ1v) is 10.5. The number of carbonyl (C=O) groups is 2. The van der Waals surface area contributed by atoms with Crippen LogP contribution < -0.4 is 4.31 Å². The highest BCUT2D eigenvalue weighted by Crippen LogP contribution is 2.20. The number of hydrogen-bond acceptors (Lipinski definition) is 4. The van der Waals surface area contributed by atoms with Crippen LogP contribution in [0.1, 0.15) is 49.4 Å². The normalized spacial score (nSPS) is 15.5. The van der Waals surface area contributed by atoms with Crippen LogP contribution in [0.15, 0.2) is 24.3 Å². The van der Waals surface area contributed by atoms with Crippen LogP contribution in [0.25, 0.3) is 0 Å². The van der Waals surface area contributed by atoms with E-state index in [-0.39, 0.29) is 24.7 Å². The Bertz CT molecular complexity index is 722. The molecule has 0 radical (unpaired) electrons. The summed E-state index contributed by atoms with van der Waals surface area (Å²) in [6.07, 6.45) is 5.53. The molecule has 1 heterocycles. The fourth-order valence-corrected chi connectivity index (χ4v) is 3.96. The van der Waals surface area contributed by atoms with Crippen LogP contribution in [0, 0.1) is 0 Å². The summed E-state index contributed by atoms with van der Waals surface area (Å²) in [5, 5.41) is 0. The van der Waals surface area contributed by atoms with Gasteiger partial charge in [-0.25, -0.2) is 8.42 Å². The minimum atomic E-state index is -3.54. The molecule has 0 aromatic heterocycles. The van der Waals surface area contributed by atoms with Crippen LogP contribution in [0.4, 0.5) is 5.69 Å². The molecule has 1 saturated heterocycles. The van der Waals surface area contributed by atoms with Gasteiger partial charge >= 0.3 is 0 Å². The van der Waals surface area contributed by atoms with Gasteiger partial charge in [0.25, 0.3) is 0 Å². The van der Waals surface area contributed by atoms with Crippen molar-refractivity contribution in [1.82, 2.24) is 4.90 Å². The Labute approximate surface area is 149 Å². The van der Waals surface area contributed by atoms with Crippen molar-refractivity contribution in [1.29, 1.82) is 0 Å². The summed E-state index contributed by atoms with van der Waals surface area (Å²) in [7, 11) is -3.54. The number of hydrogen-bond donors (Lipinski definition) is 0. The monoisotopic (exact) mass is 366 g/mol. The molecule has 1 aliphatic rings. The van der Waals surface area contributed by atoms with Gasteiger partial charge in [0.15, 0.2) is 5.78 Å². The topological polar surface area (TPSA) is 74.8 Å². The van der Waals surface area contributed by atoms with Crippen LogP contribution in [-0.2, 0) is 14.8 Å². The third kappa shape index (κ3) is 5.56. The summed E-state index contributed by atoms with van der Waals surface area (Å²) >= 11 is 0. The molecule has 138 valence electrons. The third-order valence-electron chi connectivity index (χ3n) is 4.43. The largest absolute Gasteiger partial charge is 0.343 e. The molecule has 0 atom stereocenters. The Morgan fingerprint density at radius 1 is 1.12 bits per heavy atom. The molecule has 25 heavy (non-hydrogen) atoms. The Morgan fingerprint density at radius 3 is 2.32 bits per heavy atom. The van der Waals surface area contributed by atoms with Crippen molar-refractivity contribution in [3.05, 3.63) is 29.8 Å². The lowest BCUT2D eigenvalue weighted by molar-refractivity contribution is -0.130. The van der Waals surface area contributed by atoms with E-state index in [1.807, 2.05) is 4.90 Å². The lowest BCUT2D eigenvalue weighted by atomic mass is 10.1. The lowest BCUT2D eigenvalue weighted by Crippen LogP contribution is -2.37. The first-order chi connectivity index (χ1) is 11.8. The van der Waals surface area contributed by atoms with E-state index in [2.05, 4.69) is 0 Å². The van der Waals surface area contributed by atoms with Gasteiger partial charge < -0.3 is 4.90 Å². The smallest absolute Gasteiger partial charge is 0.232 e. The Kier molecular flexibility index (Phi) is 6.58. The summed E-state index contributed by atoms with van der Waals surface area (Å²) < 4.78 is 25.5. The highest BCUT2D eigenvalue weighted by molar-refractivity contribution is 7.92. The number of anilines is 1. The molecule has 1 aromatic rings. The zero-order valence-electron chi connectivity index (χ0n) is 14.9. The van der Waals surface area contributed by atoms with Gasteiger partial charge in [0, 0.05) is 31.6 Å². The van der Waals surface area contributed by atoms with Gasteiger partial charge in [-0.2, -0.15) is 0 Å². The molecule has 1 aromatic carbocycles. The number of Topliss-reactive ketones (excluding diaryl/α,β-unsaturated/α-hetero) is 1. The molecule has 1 aliphatic heterocycles. The maximum Gasteiger partial charge on any atom is 0.232 e. The maximum absolute atomic E-state index is 12.4. The molecule has 0 N–H and O–H groups in total. The molecule has 1 amide bonds. The van der Waals surface area contributed by atoms with Gasteiger partial charge in [-0.3, -0.25) is 13.9 Å². The molecule has 0 bridgehead atoms. The van der Waals surface area contributed by atoms with E-state index in [4.69, 9.17) is 0 Å². The zero-order valence-corrected chi connectivity index (χ0v) is 15.7. The molecular weight excluding hydrogens is 340 g/mol. The number of nitrogens with zero attached hydrogens (tertiary/aromatic N) is 2. The Hall–Kier alpha value is -1.89. The predicted octanol–water partition coefficient (Wildman–Crippen LogP) is 2.45. The highest BCUT2D eigenvalue weighted by atomic mass is 32.2. The van der Waals surface area contributed by atoms with Gasteiger partial charge in [0.1, 0.15) is 0 Å². The molecule has 6 nitrogen and oxygen atoms in total. The summed E-state index contributed by atoms with van der Waals surface area (Å²) in [6, 6.07) is 6.50. The zero-order chi connectivity index (χ0) is 18.4. The van der Waals surface area contributed by atoms with Crippen molar-refractivity contribution >= 4 is 27.4 Å². The SMILES string of the molecule is CC(=O)c1cccc(N(CCC(=O)N2CCCCCC2)S(C)(=O)=O)c1. The quantitative estimate of drug-likeness (QED) is 0.725. The molecule has 2 rings (SSSR count). The van der Waals surface area contributed by atoms with E-state index in [1.54, 1.807) is 24.3 Å². The third-order valence-corrected chi connectivity index (χ3v) is 5.62. The van der Waals surface area contributed by atoms with Gasteiger partial charge in [-0.1, -0.05) is 25.0 Å². The molecule has 0 aliphatic carbocycles. The van der Waals surface area contributed by atoms with E-state index >= 15 is 0 Å². The second kappa shape index (κ2) is 8.47. The second-order valence-electron chi connectivity index (χ2n) is 6.49. The van der Waals surface area contributed by atoms with Gasteiger partial charge in [0.05, 0.1) is 11.9 Å². The van der Waals surface area contributed by atoms with Crippen molar-refractivity contribution in [3.8, 4) is 0 Å². The van der Waals surface area contributed by atoms with Crippen molar-refractivity contribution in [3.63, 3.8) is 0 Å².